The molecule has 4 heterocycles. The van der Waals surface area contributed by atoms with Gasteiger partial charge in [0.25, 0.3) is 0 Å². The molecule has 3 aromatic heterocycles. The van der Waals surface area contributed by atoms with Gasteiger partial charge < -0.3 is 18.8 Å². The first-order chi connectivity index (χ1) is 31.9. The van der Waals surface area contributed by atoms with Crippen LogP contribution >= 0.6 is 0 Å². The van der Waals surface area contributed by atoms with E-state index in [-0.39, 0.29) is 0 Å². The van der Waals surface area contributed by atoms with Crippen LogP contribution in [0.15, 0.2) is 219 Å². The van der Waals surface area contributed by atoms with E-state index < -0.39 is 15.0 Å². The lowest BCUT2D eigenvalue weighted by Gasteiger charge is -2.45. The van der Waals surface area contributed by atoms with Gasteiger partial charge in [0, 0.05) is 40.5 Å². The highest BCUT2D eigenvalue weighted by molar-refractivity contribution is 7.21. The van der Waals surface area contributed by atoms with Crippen LogP contribution in [-0.2, 0) is 6.98 Å². The van der Waals surface area contributed by atoms with Gasteiger partial charge in [0.1, 0.15) is 17.3 Å². The number of aryl methyl sites for hydroxylation is 1. The number of imidazole rings is 1. The minimum Gasteiger partial charge on any atom is -0.458 e. The first-order valence-electron chi connectivity index (χ1n) is 22.2. The number of anilines is 3. The highest BCUT2D eigenvalue weighted by Crippen LogP contribution is 2.40. The Morgan fingerprint density at radius 3 is 1.90 bits per heavy atom. The maximum Gasteiger partial charge on any atom is 0.244 e. The molecule has 0 spiro atoms. The van der Waals surface area contributed by atoms with Crippen molar-refractivity contribution in [2.45, 2.75) is 0 Å². The predicted octanol–water partition coefficient (Wildman–Crippen LogP) is 9.70. The third-order valence-corrected chi connectivity index (χ3v) is 17.1. The zero-order valence-corrected chi connectivity index (χ0v) is 34.4. The minimum absolute atomic E-state index is 0.567. The molecule has 0 bridgehead atoms. The first kappa shape index (κ1) is 32.8. The number of benzene rings is 8. The largest absolute Gasteiger partial charge is 0.458 e. The molecule has 6 nitrogen and oxygen atoms in total. The molecule has 7 heteroatoms. The number of para-hydroxylation sites is 5. The molecule has 0 fully saturated rings. The fraction of sp³-hybridized carbons (Fsp3) is 0.0182. The molecule has 1 aliphatic rings. The van der Waals surface area contributed by atoms with Crippen molar-refractivity contribution < 1.29 is 13.4 Å². The van der Waals surface area contributed by atoms with Gasteiger partial charge in [-0.1, -0.05) is 152 Å². The number of ether oxygens (including phenoxy) is 1. The van der Waals surface area contributed by atoms with E-state index in [1.165, 1.54) is 25.3 Å². The van der Waals surface area contributed by atoms with Crippen LogP contribution in [0, 0.1) is 6.33 Å². The van der Waals surface area contributed by atoms with E-state index in [9.17, 15) is 0 Å². The van der Waals surface area contributed by atoms with Crippen LogP contribution < -0.4 is 35.0 Å². The second-order valence-electron chi connectivity index (χ2n) is 15.6. The molecule has 1 aliphatic heterocycles. The normalized spacial score (nSPS) is 13.9. The van der Waals surface area contributed by atoms with Gasteiger partial charge in [-0.3, -0.25) is 4.57 Å². The Labute approximate surface area is 364 Å². The summed E-state index contributed by atoms with van der Waals surface area (Å²) in [7, 11) is -2.77. The van der Waals surface area contributed by atoms with Crippen molar-refractivity contribution in [3.05, 3.63) is 225 Å². The zero-order chi connectivity index (χ0) is 43.7. The average molecular weight is 817 g/mol. The van der Waals surface area contributed by atoms with E-state index in [1.807, 2.05) is 54.7 Å². The molecule has 62 heavy (non-hydrogen) atoms. The van der Waals surface area contributed by atoms with Crippen LogP contribution in [0.2, 0.25) is 0 Å². The molecule has 11 aromatic rings. The molecular formula is C55H39N5OSi. The van der Waals surface area contributed by atoms with Crippen LogP contribution in [0.3, 0.4) is 0 Å². The molecule has 8 aromatic carbocycles. The quantitative estimate of drug-likeness (QED) is 0.0915. The Morgan fingerprint density at radius 1 is 0.532 bits per heavy atom. The lowest BCUT2D eigenvalue weighted by atomic mass is 10.1. The van der Waals surface area contributed by atoms with Gasteiger partial charge in [0.05, 0.1) is 44.5 Å². The third kappa shape index (κ3) is 5.49. The highest BCUT2D eigenvalue weighted by atomic mass is 28.3. The van der Waals surface area contributed by atoms with Gasteiger partial charge in [-0.2, -0.15) is 0 Å². The number of hydrogen-bond acceptors (Lipinski definition) is 3. The van der Waals surface area contributed by atoms with E-state index in [1.54, 1.807) is 10.6 Å². The second-order valence-corrected chi connectivity index (χ2v) is 19.3. The molecule has 0 saturated heterocycles. The second kappa shape index (κ2) is 14.3. The molecule has 0 atom stereocenters. The summed E-state index contributed by atoms with van der Waals surface area (Å²) in [6.45, 7) is -2.39. The molecule has 0 saturated carbocycles. The van der Waals surface area contributed by atoms with Crippen LogP contribution in [0.5, 0.6) is 11.5 Å². The van der Waals surface area contributed by atoms with E-state index in [0.717, 1.165) is 55.9 Å². The third-order valence-electron chi connectivity index (χ3n) is 12.2. The smallest absolute Gasteiger partial charge is 0.244 e. The van der Waals surface area contributed by atoms with Crippen molar-refractivity contribution in [3.8, 4) is 23.0 Å². The van der Waals surface area contributed by atoms with Crippen molar-refractivity contribution in [3.63, 3.8) is 0 Å². The number of nitrogens with zero attached hydrogens (tertiary/aromatic N) is 5. The van der Waals surface area contributed by atoms with Gasteiger partial charge in [0.2, 0.25) is 6.33 Å². The minimum atomic E-state index is -2.77. The summed E-state index contributed by atoms with van der Waals surface area (Å²) in [6, 6.07) is 73.9. The summed E-state index contributed by atoms with van der Waals surface area (Å²) >= 11 is 0. The molecule has 0 unspecified atom stereocenters. The lowest BCUT2D eigenvalue weighted by molar-refractivity contribution is -0.649. The van der Waals surface area contributed by atoms with E-state index in [0.29, 0.717) is 17.0 Å². The topological polar surface area (TPSA) is 39.1 Å². The average Bonchev–Trinajstić information content (AvgIpc) is 3.91. The first-order valence-corrected chi connectivity index (χ1v) is 22.7. The van der Waals surface area contributed by atoms with Crippen LogP contribution in [0.4, 0.5) is 17.1 Å². The molecule has 294 valence electrons. The summed E-state index contributed by atoms with van der Waals surface area (Å²) in [5.74, 6) is 2.03. The monoisotopic (exact) mass is 816 g/mol. The van der Waals surface area contributed by atoms with E-state index in [2.05, 4.69) is 174 Å². The fourth-order valence-electron chi connectivity index (χ4n) is 9.69. The number of fused-ring (bicyclic) bond motifs is 6. The van der Waals surface area contributed by atoms with Crippen LogP contribution in [0.1, 0.15) is 4.11 Å². The Kier molecular flexibility index (Phi) is 7.58. The molecule has 0 aliphatic carbocycles. The number of pyridine rings is 1. The Bertz CT molecular complexity index is 3520. The highest BCUT2D eigenvalue weighted by Gasteiger charge is 2.48. The zero-order valence-electron chi connectivity index (χ0n) is 36.4. The fourth-order valence-corrected chi connectivity index (χ4v) is 14.8. The predicted molar refractivity (Wildman–Crippen MR) is 254 cm³/mol. The standard InChI is InChI=1S/C55H39N5OSi/c1-57-38-58(49-26-11-10-25-48(49)57)39-17-16-18-41(35-39)61-42-31-32-46-45-23-8-9-24-47(45)60(52(46)37-42)55-36-40(33-34-56-55)59-50-27-12-14-29-53(50)62(43-19-4-2-5-20-43,44-21-6-3-7-22-44)54-30-15-13-28-51(54)59/h2-37H,1H3/i1D3. The van der Waals surface area contributed by atoms with Crippen molar-refractivity contribution in [1.82, 2.24) is 14.1 Å². The molecule has 0 radical (unpaired) electrons. The van der Waals surface area contributed by atoms with Crippen LogP contribution in [-0.4, -0.2) is 22.2 Å². The summed E-state index contributed by atoms with van der Waals surface area (Å²) in [5, 5.41) is 7.53. The summed E-state index contributed by atoms with van der Waals surface area (Å²) in [5.41, 5.74) is 7.32. The molecule has 12 rings (SSSR count). The molecular weight excluding hydrogens is 775 g/mol. The van der Waals surface area contributed by atoms with Crippen molar-refractivity contribution in [2.24, 2.45) is 6.98 Å². The van der Waals surface area contributed by atoms with Gasteiger partial charge in [0.15, 0.2) is 8.07 Å². The summed E-state index contributed by atoms with van der Waals surface area (Å²) < 4.78 is 36.2. The lowest BCUT2D eigenvalue weighted by Crippen LogP contribution is -2.77. The van der Waals surface area contributed by atoms with Crippen LogP contribution in [0.25, 0.3) is 44.3 Å². The van der Waals surface area contributed by atoms with Crippen molar-refractivity contribution in [2.75, 3.05) is 4.90 Å². The summed E-state index contributed by atoms with van der Waals surface area (Å²) in [4.78, 5) is 7.48. The van der Waals surface area contributed by atoms with Gasteiger partial charge in [-0.15, -0.1) is 0 Å². The maximum atomic E-state index is 8.12. The van der Waals surface area contributed by atoms with Gasteiger partial charge in [-0.05, 0) is 69.3 Å². The number of hydrogen-bond donors (Lipinski definition) is 0. The van der Waals surface area contributed by atoms with E-state index in [4.69, 9.17) is 13.8 Å². The maximum absolute atomic E-state index is 8.12. The summed E-state index contributed by atoms with van der Waals surface area (Å²) in [6.07, 6.45) is 4.97. The molecule has 0 amide bonds. The number of aromatic nitrogens is 4. The van der Waals surface area contributed by atoms with Gasteiger partial charge in [-0.25, -0.2) is 4.98 Å². The SMILES string of the molecule is [2H]C([2H])([2H])[n+]1[c-]n(-c2cccc(Oc3ccc4c5ccccc5n(-c5cc(N6c7ccccc7[Si](c7ccccc7)(c7ccccc7)c7ccccc76)ccn5)c4c3)c2)c2ccccc21. The van der Waals surface area contributed by atoms with Crippen molar-refractivity contribution in [1.29, 1.82) is 0 Å². The van der Waals surface area contributed by atoms with Gasteiger partial charge >= 0.3 is 0 Å². The molecule has 0 N–H and O–H groups in total. The van der Waals surface area contributed by atoms with Crippen molar-refractivity contribution >= 4 is 78.7 Å². The Morgan fingerprint density at radius 2 is 1.16 bits per heavy atom. The number of rotatable bonds is 7. The Balaban J connectivity index is 0.982. The Hall–Kier alpha value is -8.00. The van der Waals surface area contributed by atoms with E-state index >= 15 is 0 Å².